The monoisotopic (exact) mass is 453 g/mol. The molecule has 0 spiro atoms. The summed E-state index contributed by atoms with van der Waals surface area (Å²) >= 11 is 0. The van der Waals surface area contributed by atoms with E-state index >= 15 is 0 Å². The first-order valence-electron chi connectivity index (χ1n) is 10.2. The summed E-state index contributed by atoms with van der Waals surface area (Å²) in [7, 11) is 1.77. The first-order valence-corrected chi connectivity index (χ1v) is 10.2. The molecule has 0 fully saturated rings. The van der Waals surface area contributed by atoms with Crippen LogP contribution in [0.1, 0.15) is 23.4 Å². The predicted molar refractivity (Wildman–Crippen MR) is 117 cm³/mol. The minimum Gasteiger partial charge on any atom is -0.369 e. The van der Waals surface area contributed by atoms with Gasteiger partial charge in [-0.05, 0) is 61.0 Å². The second-order valence-corrected chi connectivity index (χ2v) is 7.53. The molecule has 1 N–H and O–H groups in total. The van der Waals surface area contributed by atoms with Gasteiger partial charge in [0.25, 0.3) is 0 Å². The summed E-state index contributed by atoms with van der Waals surface area (Å²) in [5.41, 5.74) is 1.91. The lowest BCUT2D eigenvalue weighted by Crippen LogP contribution is -2.08. The standard InChI is InChI=1S/C24H19F4N5/c1-33-21-11-7-17(24(26,27)28)13-20(21)31-22(33)3-2-12-30-23-16(14-29)6-10-19(32-23)15-4-8-18(25)9-5-15/h4-11,13H,2-3,12H2,1H3,(H,30,32). The van der Waals surface area contributed by atoms with Crippen LogP contribution in [0.4, 0.5) is 23.4 Å². The van der Waals surface area contributed by atoms with Gasteiger partial charge in [-0.25, -0.2) is 14.4 Å². The Bertz CT molecular complexity index is 1330. The van der Waals surface area contributed by atoms with Gasteiger partial charge in [-0.2, -0.15) is 18.4 Å². The third-order valence-corrected chi connectivity index (χ3v) is 5.33. The summed E-state index contributed by atoms with van der Waals surface area (Å²) in [6.45, 7) is 0.478. The molecule has 0 aliphatic rings. The SMILES string of the molecule is Cn1c(CCCNc2nc(-c3ccc(F)cc3)ccc2C#N)nc2cc(C(F)(F)F)ccc21. The Morgan fingerprint density at radius 2 is 1.79 bits per heavy atom. The van der Waals surface area contributed by atoms with E-state index < -0.39 is 11.7 Å². The predicted octanol–water partition coefficient (Wildman–Crippen LogP) is 5.71. The lowest BCUT2D eigenvalue weighted by molar-refractivity contribution is -0.137. The molecule has 4 rings (SSSR count). The van der Waals surface area contributed by atoms with Crippen molar-refractivity contribution in [3.8, 4) is 17.3 Å². The van der Waals surface area contributed by atoms with E-state index in [2.05, 4.69) is 21.4 Å². The van der Waals surface area contributed by atoms with Crippen LogP contribution in [0.15, 0.2) is 54.6 Å². The van der Waals surface area contributed by atoms with Gasteiger partial charge >= 0.3 is 6.18 Å². The van der Waals surface area contributed by atoms with Crippen LogP contribution in [0.5, 0.6) is 0 Å². The molecule has 33 heavy (non-hydrogen) atoms. The number of rotatable bonds is 6. The summed E-state index contributed by atoms with van der Waals surface area (Å²) in [5.74, 6) is 0.737. The number of fused-ring (bicyclic) bond motifs is 1. The van der Waals surface area contributed by atoms with Crippen molar-refractivity contribution in [2.24, 2.45) is 7.05 Å². The quantitative estimate of drug-likeness (QED) is 0.300. The van der Waals surface area contributed by atoms with Crippen molar-refractivity contribution in [1.29, 1.82) is 5.26 Å². The van der Waals surface area contributed by atoms with Crippen molar-refractivity contribution in [1.82, 2.24) is 14.5 Å². The molecule has 2 heterocycles. The molecular weight excluding hydrogens is 434 g/mol. The maximum Gasteiger partial charge on any atom is 0.416 e. The maximum atomic E-state index is 13.2. The van der Waals surface area contributed by atoms with Crippen molar-refractivity contribution < 1.29 is 17.6 Å². The number of nitriles is 1. The van der Waals surface area contributed by atoms with Gasteiger partial charge in [0.2, 0.25) is 0 Å². The average molecular weight is 453 g/mol. The highest BCUT2D eigenvalue weighted by Crippen LogP contribution is 2.31. The van der Waals surface area contributed by atoms with Crippen molar-refractivity contribution >= 4 is 16.9 Å². The number of anilines is 1. The molecule has 168 valence electrons. The molecule has 2 aromatic heterocycles. The number of hydrogen-bond donors (Lipinski definition) is 1. The summed E-state index contributed by atoms with van der Waals surface area (Å²) in [6, 6.07) is 14.9. The van der Waals surface area contributed by atoms with E-state index in [9.17, 15) is 22.8 Å². The van der Waals surface area contributed by atoms with E-state index in [4.69, 9.17) is 0 Å². The topological polar surface area (TPSA) is 66.5 Å². The lowest BCUT2D eigenvalue weighted by Gasteiger charge is -2.10. The number of halogens is 4. The van der Waals surface area contributed by atoms with Crippen molar-refractivity contribution in [3.63, 3.8) is 0 Å². The lowest BCUT2D eigenvalue weighted by atomic mass is 10.1. The van der Waals surface area contributed by atoms with Crippen molar-refractivity contribution in [2.45, 2.75) is 19.0 Å². The minimum atomic E-state index is -4.41. The second kappa shape index (κ2) is 8.90. The third kappa shape index (κ3) is 4.80. The molecule has 0 atom stereocenters. The van der Waals surface area contributed by atoms with Gasteiger partial charge in [0.05, 0.1) is 27.9 Å². The Morgan fingerprint density at radius 3 is 2.48 bits per heavy atom. The van der Waals surface area contributed by atoms with E-state index in [-0.39, 0.29) is 5.82 Å². The van der Waals surface area contributed by atoms with Crippen LogP contribution in [0, 0.1) is 17.1 Å². The molecule has 2 aromatic carbocycles. The van der Waals surface area contributed by atoms with Crippen LogP contribution in [0.3, 0.4) is 0 Å². The number of alkyl halides is 3. The van der Waals surface area contributed by atoms with Gasteiger partial charge in [-0.1, -0.05) is 0 Å². The van der Waals surface area contributed by atoms with Gasteiger partial charge < -0.3 is 9.88 Å². The minimum absolute atomic E-state index is 0.302. The molecule has 0 saturated heterocycles. The van der Waals surface area contributed by atoms with Crippen LogP contribution in [-0.2, 0) is 19.6 Å². The largest absolute Gasteiger partial charge is 0.416 e. The molecule has 0 aliphatic carbocycles. The average Bonchev–Trinajstić information content (AvgIpc) is 3.11. The Morgan fingerprint density at radius 1 is 1.03 bits per heavy atom. The molecule has 0 bridgehead atoms. The van der Waals surface area contributed by atoms with E-state index in [0.717, 1.165) is 17.7 Å². The number of nitrogens with zero attached hydrogens (tertiary/aromatic N) is 4. The summed E-state index contributed by atoms with van der Waals surface area (Å²) < 4.78 is 53.8. The van der Waals surface area contributed by atoms with Crippen LogP contribution in [-0.4, -0.2) is 21.1 Å². The fourth-order valence-corrected chi connectivity index (χ4v) is 3.57. The summed E-state index contributed by atoms with van der Waals surface area (Å²) in [6.07, 6.45) is -3.26. The van der Waals surface area contributed by atoms with Crippen molar-refractivity contribution in [2.75, 3.05) is 11.9 Å². The van der Waals surface area contributed by atoms with Gasteiger partial charge in [-0.3, -0.25) is 0 Å². The summed E-state index contributed by atoms with van der Waals surface area (Å²) in [4.78, 5) is 8.85. The second-order valence-electron chi connectivity index (χ2n) is 7.53. The Balaban J connectivity index is 1.45. The first-order chi connectivity index (χ1) is 15.8. The number of hydrogen-bond acceptors (Lipinski definition) is 4. The molecule has 0 amide bonds. The number of aryl methyl sites for hydroxylation is 2. The van der Waals surface area contributed by atoms with Gasteiger partial charge in [0.1, 0.15) is 23.5 Å². The van der Waals surface area contributed by atoms with Gasteiger partial charge in [0, 0.05) is 25.6 Å². The number of benzene rings is 2. The highest BCUT2D eigenvalue weighted by Gasteiger charge is 2.31. The summed E-state index contributed by atoms with van der Waals surface area (Å²) in [5, 5.41) is 12.5. The molecule has 0 unspecified atom stereocenters. The van der Waals surface area contributed by atoms with E-state index in [1.54, 1.807) is 35.9 Å². The molecule has 0 aliphatic heterocycles. The number of pyridine rings is 1. The fraction of sp³-hybridized carbons (Fsp3) is 0.208. The Hall–Kier alpha value is -3.93. The third-order valence-electron chi connectivity index (χ3n) is 5.33. The number of aromatic nitrogens is 3. The van der Waals surface area contributed by atoms with Crippen LogP contribution in [0.2, 0.25) is 0 Å². The maximum absolute atomic E-state index is 13.2. The van der Waals surface area contributed by atoms with Crippen LogP contribution >= 0.6 is 0 Å². The fourth-order valence-electron chi connectivity index (χ4n) is 3.57. The molecule has 5 nitrogen and oxygen atoms in total. The highest BCUT2D eigenvalue weighted by atomic mass is 19.4. The highest BCUT2D eigenvalue weighted by molar-refractivity contribution is 5.77. The normalized spacial score (nSPS) is 11.5. The van der Waals surface area contributed by atoms with E-state index in [0.29, 0.717) is 53.3 Å². The molecule has 0 radical (unpaired) electrons. The molecule has 0 saturated carbocycles. The number of nitrogens with one attached hydrogen (secondary N) is 1. The van der Waals surface area contributed by atoms with Crippen molar-refractivity contribution in [3.05, 3.63) is 77.4 Å². The van der Waals surface area contributed by atoms with E-state index in [1.807, 2.05) is 0 Å². The molecule has 9 heteroatoms. The van der Waals surface area contributed by atoms with Gasteiger partial charge in [-0.15, -0.1) is 0 Å². The van der Waals surface area contributed by atoms with Crippen LogP contribution < -0.4 is 5.32 Å². The Kier molecular flexibility index (Phi) is 6.01. The molecule has 4 aromatic rings. The molecular formula is C24H19F4N5. The zero-order chi connectivity index (χ0) is 23.6. The zero-order valence-electron chi connectivity index (χ0n) is 17.6. The smallest absolute Gasteiger partial charge is 0.369 e. The van der Waals surface area contributed by atoms with Gasteiger partial charge in [0.15, 0.2) is 0 Å². The van der Waals surface area contributed by atoms with Crippen LogP contribution in [0.25, 0.3) is 22.3 Å². The Labute approximate surface area is 187 Å². The zero-order valence-corrected chi connectivity index (χ0v) is 17.6. The van der Waals surface area contributed by atoms with E-state index in [1.165, 1.54) is 18.2 Å². The number of imidazole rings is 1. The first kappa shape index (κ1) is 22.3.